The number of nitrogens with zero attached hydrogens (tertiary/aromatic N) is 1. The average molecular weight is 354 g/mol. The Kier molecular flexibility index (Phi) is 7.83. The monoisotopic (exact) mass is 354 g/mol. The van der Waals surface area contributed by atoms with Crippen LogP contribution in [0.4, 0.5) is 5.69 Å². The summed E-state index contributed by atoms with van der Waals surface area (Å²) in [5, 5.41) is 13.2. The smallest absolute Gasteiger partial charge is 0.342 e. The molecule has 1 rings (SSSR count). The molecule has 1 N–H and O–H groups in total. The van der Waals surface area contributed by atoms with Crippen molar-refractivity contribution in [3.63, 3.8) is 0 Å². The van der Waals surface area contributed by atoms with Gasteiger partial charge in [-0.2, -0.15) is 0 Å². The minimum absolute atomic E-state index is 0.0917. The highest BCUT2D eigenvalue weighted by Crippen LogP contribution is 2.24. The van der Waals surface area contributed by atoms with Gasteiger partial charge in [-0.1, -0.05) is 0 Å². The molecule has 0 fully saturated rings. The summed E-state index contributed by atoms with van der Waals surface area (Å²) in [6, 6.07) is 3.46. The summed E-state index contributed by atoms with van der Waals surface area (Å²) in [6.07, 6.45) is 0.534. The van der Waals surface area contributed by atoms with Crippen LogP contribution in [0.25, 0.3) is 0 Å². The van der Waals surface area contributed by atoms with E-state index in [-0.39, 0.29) is 30.0 Å². The number of rotatable bonds is 9. The third-order valence-electron chi connectivity index (χ3n) is 3.06. The van der Waals surface area contributed by atoms with Gasteiger partial charge in [0.1, 0.15) is 11.3 Å². The number of ether oxygens (including phenoxy) is 3. The predicted molar refractivity (Wildman–Crippen MR) is 84.2 cm³/mol. The number of esters is 2. The number of hydrogen-bond acceptors (Lipinski definition) is 8. The second-order valence-electron chi connectivity index (χ2n) is 4.75. The van der Waals surface area contributed by atoms with Gasteiger partial charge in [0.05, 0.1) is 19.1 Å². The van der Waals surface area contributed by atoms with Crippen LogP contribution in [-0.2, 0) is 19.1 Å². The number of carbonyl (C=O) groups excluding carboxylic acids is 3. The van der Waals surface area contributed by atoms with Gasteiger partial charge in [-0.25, -0.2) is 4.79 Å². The van der Waals surface area contributed by atoms with Crippen LogP contribution in [0.3, 0.4) is 0 Å². The summed E-state index contributed by atoms with van der Waals surface area (Å²) in [5.74, 6) is -1.79. The van der Waals surface area contributed by atoms with Crippen molar-refractivity contribution in [1.82, 2.24) is 5.32 Å². The van der Waals surface area contributed by atoms with E-state index in [1.54, 1.807) is 0 Å². The molecule has 0 spiro atoms. The molecule has 0 saturated heterocycles. The molecule has 25 heavy (non-hydrogen) atoms. The number of nitro groups is 1. The molecule has 0 bridgehead atoms. The van der Waals surface area contributed by atoms with Gasteiger partial charge in [0.2, 0.25) is 0 Å². The summed E-state index contributed by atoms with van der Waals surface area (Å²) >= 11 is 0. The van der Waals surface area contributed by atoms with Gasteiger partial charge < -0.3 is 19.5 Å². The normalized spacial score (nSPS) is 9.84. The fourth-order valence-electron chi connectivity index (χ4n) is 1.79. The molecular weight excluding hydrogens is 336 g/mol. The van der Waals surface area contributed by atoms with Gasteiger partial charge in [-0.05, 0) is 12.5 Å². The maximum Gasteiger partial charge on any atom is 0.342 e. The maximum absolute atomic E-state index is 12.0. The third kappa shape index (κ3) is 6.45. The number of nitrogens with one attached hydrogen (secondary N) is 1. The number of hydrogen-bond donors (Lipinski definition) is 1. The Morgan fingerprint density at radius 2 is 1.96 bits per heavy atom. The Labute approximate surface area is 143 Å². The first kappa shape index (κ1) is 19.9. The van der Waals surface area contributed by atoms with E-state index in [0.29, 0.717) is 6.42 Å². The van der Waals surface area contributed by atoms with Gasteiger partial charge in [0.25, 0.3) is 11.6 Å². The van der Waals surface area contributed by atoms with Crippen molar-refractivity contribution >= 4 is 23.5 Å². The Balaban J connectivity index is 2.53. The maximum atomic E-state index is 12.0. The summed E-state index contributed by atoms with van der Waals surface area (Å²) in [6.45, 7) is -0.353. The van der Waals surface area contributed by atoms with Crippen LogP contribution in [0.5, 0.6) is 5.75 Å². The number of benzene rings is 1. The minimum Gasteiger partial charge on any atom is -0.496 e. The first-order valence-corrected chi connectivity index (χ1v) is 7.22. The predicted octanol–water partition coefficient (Wildman–Crippen LogP) is 0.830. The second kappa shape index (κ2) is 9.85. The summed E-state index contributed by atoms with van der Waals surface area (Å²) in [4.78, 5) is 44.6. The molecule has 10 heteroatoms. The van der Waals surface area contributed by atoms with Crippen LogP contribution >= 0.6 is 0 Å². The molecule has 1 aromatic rings. The average Bonchev–Trinajstić information content (AvgIpc) is 2.62. The molecule has 0 aliphatic heterocycles. The number of amides is 1. The summed E-state index contributed by atoms with van der Waals surface area (Å²) in [5.41, 5.74) is -0.463. The lowest BCUT2D eigenvalue weighted by atomic mass is 10.2. The van der Waals surface area contributed by atoms with Crippen LogP contribution < -0.4 is 10.1 Å². The Morgan fingerprint density at radius 3 is 2.56 bits per heavy atom. The summed E-state index contributed by atoms with van der Waals surface area (Å²) < 4.78 is 14.2. The lowest BCUT2D eigenvalue weighted by Gasteiger charge is -2.09. The molecule has 0 unspecified atom stereocenters. The van der Waals surface area contributed by atoms with Crippen molar-refractivity contribution in [3.05, 3.63) is 33.9 Å². The van der Waals surface area contributed by atoms with E-state index in [9.17, 15) is 24.5 Å². The van der Waals surface area contributed by atoms with Gasteiger partial charge in [-0.3, -0.25) is 19.7 Å². The topological polar surface area (TPSA) is 134 Å². The van der Waals surface area contributed by atoms with E-state index in [1.807, 2.05) is 0 Å². The molecule has 0 aliphatic rings. The largest absolute Gasteiger partial charge is 0.496 e. The lowest BCUT2D eigenvalue weighted by Crippen LogP contribution is -2.30. The standard InChI is InChI=1S/C15H18N2O8/c1-23-12-6-5-10(17(21)22)8-11(12)15(20)25-9-13(18)16-7-3-4-14(19)24-2/h5-6,8H,3-4,7,9H2,1-2H3,(H,16,18). The molecule has 1 amide bonds. The van der Waals surface area contributed by atoms with Crippen molar-refractivity contribution in [2.45, 2.75) is 12.8 Å². The van der Waals surface area contributed by atoms with Gasteiger partial charge in [0.15, 0.2) is 6.61 Å². The lowest BCUT2D eigenvalue weighted by molar-refractivity contribution is -0.384. The minimum atomic E-state index is -0.926. The third-order valence-corrected chi connectivity index (χ3v) is 3.06. The van der Waals surface area contributed by atoms with Crippen molar-refractivity contribution in [2.24, 2.45) is 0 Å². The zero-order valence-corrected chi connectivity index (χ0v) is 13.8. The molecule has 0 atom stereocenters. The molecule has 0 aliphatic carbocycles. The second-order valence-corrected chi connectivity index (χ2v) is 4.75. The first-order valence-electron chi connectivity index (χ1n) is 7.22. The van der Waals surface area contributed by atoms with Gasteiger partial charge >= 0.3 is 11.9 Å². The molecule has 0 saturated carbocycles. The zero-order chi connectivity index (χ0) is 18.8. The van der Waals surface area contributed by atoms with Crippen LogP contribution in [0, 0.1) is 10.1 Å². The molecule has 0 radical (unpaired) electrons. The van der Waals surface area contributed by atoms with Gasteiger partial charge in [-0.15, -0.1) is 0 Å². The molecule has 136 valence electrons. The van der Waals surface area contributed by atoms with Crippen LogP contribution in [0.2, 0.25) is 0 Å². The van der Waals surface area contributed by atoms with Crippen LogP contribution in [0.15, 0.2) is 18.2 Å². The Hall–Kier alpha value is -3.17. The van der Waals surface area contributed by atoms with Crippen molar-refractivity contribution < 1.29 is 33.5 Å². The first-order chi connectivity index (χ1) is 11.9. The Morgan fingerprint density at radius 1 is 1.24 bits per heavy atom. The molecule has 0 aromatic heterocycles. The van der Waals surface area contributed by atoms with E-state index >= 15 is 0 Å². The highest BCUT2D eigenvalue weighted by molar-refractivity contribution is 5.94. The van der Waals surface area contributed by atoms with Crippen molar-refractivity contribution in [3.8, 4) is 5.75 Å². The highest BCUT2D eigenvalue weighted by Gasteiger charge is 2.19. The zero-order valence-electron chi connectivity index (χ0n) is 13.8. The Bertz CT molecular complexity index is 659. The van der Waals surface area contributed by atoms with E-state index in [4.69, 9.17) is 9.47 Å². The quantitative estimate of drug-likeness (QED) is 0.298. The van der Waals surface area contributed by atoms with E-state index in [2.05, 4.69) is 10.1 Å². The van der Waals surface area contributed by atoms with Crippen LogP contribution in [-0.4, -0.2) is 50.1 Å². The van der Waals surface area contributed by atoms with E-state index in [1.165, 1.54) is 26.4 Å². The van der Waals surface area contributed by atoms with E-state index < -0.39 is 29.4 Å². The van der Waals surface area contributed by atoms with Crippen molar-refractivity contribution in [1.29, 1.82) is 0 Å². The van der Waals surface area contributed by atoms with Crippen LogP contribution in [0.1, 0.15) is 23.2 Å². The fourth-order valence-corrected chi connectivity index (χ4v) is 1.79. The van der Waals surface area contributed by atoms with Gasteiger partial charge in [0, 0.05) is 25.1 Å². The number of non-ortho nitro benzene ring substituents is 1. The number of nitro benzene ring substituents is 1. The number of methoxy groups -OCH3 is 2. The van der Waals surface area contributed by atoms with E-state index in [0.717, 1.165) is 6.07 Å². The summed E-state index contributed by atoms with van der Waals surface area (Å²) in [7, 11) is 2.56. The SMILES string of the molecule is COC(=O)CCCNC(=O)COC(=O)c1cc([N+](=O)[O-])ccc1OC. The fraction of sp³-hybridized carbons (Fsp3) is 0.400. The number of carbonyl (C=O) groups is 3. The van der Waals surface area contributed by atoms with Crippen molar-refractivity contribution in [2.75, 3.05) is 27.4 Å². The molecule has 0 heterocycles. The highest BCUT2D eigenvalue weighted by atomic mass is 16.6. The molecular formula is C15H18N2O8. The molecule has 1 aromatic carbocycles. The molecule has 10 nitrogen and oxygen atoms in total.